The number of carbonyl (C=O) groups excluding carboxylic acids is 1. The molecule has 0 radical (unpaired) electrons. The first-order valence-electron chi connectivity index (χ1n) is 8.42. The summed E-state index contributed by atoms with van der Waals surface area (Å²) in [5, 5.41) is 13.8. The molecule has 1 amide bonds. The summed E-state index contributed by atoms with van der Waals surface area (Å²) in [6.07, 6.45) is 2.42. The molecule has 0 bridgehead atoms. The van der Waals surface area contributed by atoms with Crippen molar-refractivity contribution in [2.24, 2.45) is 0 Å². The van der Waals surface area contributed by atoms with Gasteiger partial charge in [-0.25, -0.2) is 4.98 Å². The molecule has 4 rings (SSSR count). The van der Waals surface area contributed by atoms with Gasteiger partial charge in [-0.05, 0) is 13.0 Å². The largest absolute Gasteiger partial charge is 0.352 e. The van der Waals surface area contributed by atoms with Crippen LogP contribution in [0.1, 0.15) is 21.6 Å². The van der Waals surface area contributed by atoms with E-state index in [9.17, 15) is 4.79 Å². The van der Waals surface area contributed by atoms with Crippen molar-refractivity contribution in [3.63, 3.8) is 0 Å². The predicted molar refractivity (Wildman–Crippen MR) is 104 cm³/mol. The van der Waals surface area contributed by atoms with Gasteiger partial charge in [0.05, 0.1) is 23.0 Å². The van der Waals surface area contributed by atoms with E-state index in [1.165, 1.54) is 5.56 Å². The third-order valence-corrected chi connectivity index (χ3v) is 5.18. The van der Waals surface area contributed by atoms with Crippen molar-refractivity contribution >= 4 is 28.1 Å². The zero-order chi connectivity index (χ0) is 17.9. The highest BCUT2D eigenvalue weighted by atomic mass is 32.1. The van der Waals surface area contributed by atoms with E-state index in [1.807, 2.05) is 12.1 Å². The molecule has 0 spiro atoms. The van der Waals surface area contributed by atoms with Gasteiger partial charge in [-0.15, -0.1) is 11.3 Å². The first-order chi connectivity index (χ1) is 12.7. The molecule has 0 saturated heterocycles. The highest BCUT2D eigenvalue weighted by Crippen LogP contribution is 2.24. The fourth-order valence-electron chi connectivity index (χ4n) is 2.81. The third-order valence-electron chi connectivity index (χ3n) is 4.24. The number of H-pyrrole nitrogens is 1. The number of hydrogen-bond acceptors (Lipinski definition) is 4. The number of hydrogen-bond donors (Lipinski definition) is 2. The summed E-state index contributed by atoms with van der Waals surface area (Å²) >= 11 is 1.63. The highest BCUT2D eigenvalue weighted by Gasteiger charge is 2.11. The number of aryl methyl sites for hydroxylation is 1. The molecular formula is C20H18N4OS. The lowest BCUT2D eigenvalue weighted by atomic mass is 10.1. The second-order valence-electron chi connectivity index (χ2n) is 6.16. The van der Waals surface area contributed by atoms with Gasteiger partial charge in [-0.3, -0.25) is 9.89 Å². The summed E-state index contributed by atoms with van der Waals surface area (Å²) in [6.45, 7) is 2.62. The molecule has 0 unspecified atom stereocenters. The maximum atomic E-state index is 12.4. The number of rotatable bonds is 5. The Morgan fingerprint density at radius 2 is 2.04 bits per heavy atom. The number of aromatic amines is 1. The number of para-hydroxylation sites is 1. The van der Waals surface area contributed by atoms with E-state index < -0.39 is 0 Å². The van der Waals surface area contributed by atoms with Crippen molar-refractivity contribution in [2.75, 3.05) is 6.54 Å². The molecule has 2 heterocycles. The van der Waals surface area contributed by atoms with E-state index in [-0.39, 0.29) is 5.91 Å². The van der Waals surface area contributed by atoms with Crippen LogP contribution in [-0.2, 0) is 6.42 Å². The smallest absolute Gasteiger partial charge is 0.253 e. The van der Waals surface area contributed by atoms with Gasteiger partial charge < -0.3 is 5.32 Å². The molecule has 6 heteroatoms. The molecule has 2 aromatic heterocycles. The minimum absolute atomic E-state index is 0.103. The molecule has 130 valence electrons. The number of nitrogens with one attached hydrogen (secondary N) is 2. The van der Waals surface area contributed by atoms with Crippen LogP contribution in [0, 0.1) is 6.92 Å². The summed E-state index contributed by atoms with van der Waals surface area (Å²) in [6, 6.07) is 13.9. The van der Waals surface area contributed by atoms with E-state index in [1.54, 1.807) is 23.6 Å². The summed E-state index contributed by atoms with van der Waals surface area (Å²) < 4.78 is 0. The molecule has 5 nitrogen and oxygen atoms in total. The molecule has 2 N–H and O–H groups in total. The van der Waals surface area contributed by atoms with Gasteiger partial charge >= 0.3 is 0 Å². The minimum atomic E-state index is -0.103. The lowest BCUT2D eigenvalue weighted by Gasteiger charge is -2.05. The maximum absolute atomic E-state index is 12.4. The van der Waals surface area contributed by atoms with Crippen molar-refractivity contribution in [1.29, 1.82) is 0 Å². The van der Waals surface area contributed by atoms with Crippen LogP contribution in [0.15, 0.2) is 54.0 Å². The fourth-order valence-corrected chi connectivity index (χ4v) is 3.67. The molecule has 26 heavy (non-hydrogen) atoms. The zero-order valence-corrected chi connectivity index (χ0v) is 15.1. The molecule has 0 atom stereocenters. The molecule has 0 saturated carbocycles. The Labute approximate surface area is 155 Å². The predicted octanol–water partition coefficient (Wildman–Crippen LogP) is 3.97. The second-order valence-corrected chi connectivity index (χ2v) is 7.01. The Hall–Kier alpha value is -2.99. The van der Waals surface area contributed by atoms with Crippen molar-refractivity contribution in [3.05, 3.63) is 70.9 Å². The summed E-state index contributed by atoms with van der Waals surface area (Å²) in [4.78, 5) is 17.1. The number of thiazole rings is 1. The van der Waals surface area contributed by atoms with Gasteiger partial charge in [0, 0.05) is 29.3 Å². The van der Waals surface area contributed by atoms with Gasteiger partial charge in [0.2, 0.25) is 0 Å². The number of aromatic nitrogens is 3. The van der Waals surface area contributed by atoms with E-state index in [4.69, 9.17) is 0 Å². The third kappa shape index (κ3) is 3.36. The topological polar surface area (TPSA) is 70.7 Å². The average Bonchev–Trinajstić information content (AvgIpc) is 3.31. The normalized spacial score (nSPS) is 11.0. The average molecular weight is 362 g/mol. The van der Waals surface area contributed by atoms with Crippen LogP contribution >= 0.6 is 11.3 Å². The standard InChI is InChI=1S/C20H18N4OS/c1-13-5-7-14(8-6-13)20-23-16(12-26-20)9-10-21-19(25)17-4-2-3-15-11-22-24-18(15)17/h2-8,11-12H,9-10H2,1H3,(H,21,25)(H,22,24). The molecule has 0 aliphatic carbocycles. The highest BCUT2D eigenvalue weighted by molar-refractivity contribution is 7.13. The second kappa shape index (κ2) is 7.09. The first-order valence-corrected chi connectivity index (χ1v) is 9.30. The number of nitrogens with zero attached hydrogens (tertiary/aromatic N) is 2. The van der Waals surface area contributed by atoms with Gasteiger partial charge in [-0.1, -0.05) is 42.0 Å². The lowest BCUT2D eigenvalue weighted by Crippen LogP contribution is -2.26. The van der Waals surface area contributed by atoms with Crippen LogP contribution < -0.4 is 5.32 Å². The quantitative estimate of drug-likeness (QED) is 0.564. The molecule has 2 aromatic carbocycles. The number of amides is 1. The molecule has 0 aliphatic heterocycles. The van der Waals surface area contributed by atoms with Crippen molar-refractivity contribution < 1.29 is 4.79 Å². The Bertz CT molecular complexity index is 1050. The SMILES string of the molecule is Cc1ccc(-c2nc(CCNC(=O)c3cccc4cn[nH]c34)cs2)cc1. The molecule has 0 aliphatic rings. The fraction of sp³-hybridized carbons (Fsp3) is 0.150. The Morgan fingerprint density at radius 3 is 2.88 bits per heavy atom. The molecule has 4 aromatic rings. The number of carbonyl (C=O) groups is 1. The van der Waals surface area contributed by atoms with Crippen molar-refractivity contribution in [1.82, 2.24) is 20.5 Å². The van der Waals surface area contributed by atoms with Crippen molar-refractivity contribution in [3.8, 4) is 10.6 Å². The van der Waals surface area contributed by atoms with E-state index in [0.717, 1.165) is 27.2 Å². The van der Waals surface area contributed by atoms with E-state index in [0.29, 0.717) is 18.5 Å². The van der Waals surface area contributed by atoms with Crippen LogP contribution in [-0.4, -0.2) is 27.6 Å². The Kier molecular flexibility index (Phi) is 4.50. The minimum Gasteiger partial charge on any atom is -0.352 e. The molecular weight excluding hydrogens is 344 g/mol. The van der Waals surface area contributed by atoms with Crippen LogP contribution in [0.25, 0.3) is 21.5 Å². The van der Waals surface area contributed by atoms with Crippen molar-refractivity contribution in [2.45, 2.75) is 13.3 Å². The van der Waals surface area contributed by atoms with E-state index in [2.05, 4.69) is 57.1 Å². The van der Waals surface area contributed by atoms with Crippen LogP contribution in [0.2, 0.25) is 0 Å². The maximum Gasteiger partial charge on any atom is 0.253 e. The lowest BCUT2D eigenvalue weighted by molar-refractivity contribution is 0.0955. The Balaban J connectivity index is 1.38. The van der Waals surface area contributed by atoms with E-state index >= 15 is 0 Å². The number of benzene rings is 2. The summed E-state index contributed by atoms with van der Waals surface area (Å²) in [5.74, 6) is -0.103. The van der Waals surface area contributed by atoms with Gasteiger partial charge in [-0.2, -0.15) is 5.10 Å². The van der Waals surface area contributed by atoms with Crippen LogP contribution in [0.5, 0.6) is 0 Å². The van der Waals surface area contributed by atoms with Crippen LogP contribution in [0.3, 0.4) is 0 Å². The zero-order valence-electron chi connectivity index (χ0n) is 14.3. The molecule has 0 fully saturated rings. The van der Waals surface area contributed by atoms with Gasteiger partial charge in [0.25, 0.3) is 5.91 Å². The number of fused-ring (bicyclic) bond motifs is 1. The summed E-state index contributed by atoms with van der Waals surface area (Å²) in [7, 11) is 0. The van der Waals surface area contributed by atoms with Crippen LogP contribution in [0.4, 0.5) is 0 Å². The Morgan fingerprint density at radius 1 is 1.19 bits per heavy atom. The van der Waals surface area contributed by atoms with Gasteiger partial charge in [0.1, 0.15) is 5.01 Å². The van der Waals surface area contributed by atoms with Gasteiger partial charge in [0.15, 0.2) is 0 Å². The monoisotopic (exact) mass is 362 g/mol. The summed E-state index contributed by atoms with van der Waals surface area (Å²) in [5.41, 5.74) is 4.73. The first kappa shape index (κ1) is 16.5.